The third kappa shape index (κ3) is 4.70. The molecule has 17 heavy (non-hydrogen) atoms. The molecule has 1 heterocycles. The molecule has 1 amide bonds. The van der Waals surface area contributed by atoms with Crippen molar-refractivity contribution in [1.82, 2.24) is 10.2 Å². The Hall–Kier alpha value is -1.14. The zero-order chi connectivity index (χ0) is 12.7. The van der Waals surface area contributed by atoms with Crippen molar-refractivity contribution in [3.8, 4) is 0 Å². The molecule has 0 saturated carbocycles. The highest BCUT2D eigenvalue weighted by atomic mass is 16.5. The van der Waals surface area contributed by atoms with Gasteiger partial charge < -0.3 is 15.2 Å². The number of aliphatic carboxylic acids is 1. The van der Waals surface area contributed by atoms with Gasteiger partial charge in [0, 0.05) is 13.2 Å². The van der Waals surface area contributed by atoms with Crippen LogP contribution < -0.4 is 5.32 Å². The summed E-state index contributed by atoms with van der Waals surface area (Å²) in [4.78, 5) is 24.1. The van der Waals surface area contributed by atoms with Crippen molar-refractivity contribution in [2.45, 2.75) is 25.8 Å². The maximum absolute atomic E-state index is 11.5. The van der Waals surface area contributed by atoms with E-state index in [1.54, 1.807) is 4.90 Å². The molecule has 6 heteroatoms. The van der Waals surface area contributed by atoms with Crippen LogP contribution in [0.2, 0.25) is 0 Å². The molecule has 1 rings (SSSR count). The Balaban J connectivity index is 2.23. The molecule has 1 atom stereocenters. The lowest BCUT2D eigenvalue weighted by Gasteiger charge is -2.20. The summed E-state index contributed by atoms with van der Waals surface area (Å²) in [7, 11) is 0. The fourth-order valence-corrected chi connectivity index (χ4v) is 1.94. The lowest BCUT2D eigenvalue weighted by atomic mass is 10.2. The molecule has 1 aliphatic heterocycles. The van der Waals surface area contributed by atoms with Gasteiger partial charge in [-0.25, -0.2) is 0 Å². The molecule has 0 aromatic rings. The molecular formula is C11H20N2O4. The molecule has 0 aromatic heterocycles. The van der Waals surface area contributed by atoms with E-state index in [9.17, 15) is 9.59 Å². The van der Waals surface area contributed by atoms with E-state index >= 15 is 0 Å². The quantitative estimate of drug-likeness (QED) is 0.600. The first-order valence-corrected chi connectivity index (χ1v) is 5.96. The number of rotatable bonds is 7. The van der Waals surface area contributed by atoms with E-state index in [4.69, 9.17) is 9.84 Å². The Bertz CT molecular complexity index is 270. The highest BCUT2D eigenvalue weighted by Gasteiger charge is 2.31. The Morgan fingerprint density at radius 2 is 2.29 bits per heavy atom. The standard InChI is InChI=1S/C11H20N2O4/c1-2-17-7-5-12-10(14)8-13-6-3-4-9(13)11(15)16/h9H,2-8H2,1H3,(H,12,14)(H,15,16). The highest BCUT2D eigenvalue weighted by Crippen LogP contribution is 2.16. The average Bonchev–Trinajstić information content (AvgIpc) is 2.72. The molecule has 0 radical (unpaired) electrons. The second-order valence-corrected chi connectivity index (χ2v) is 4.01. The van der Waals surface area contributed by atoms with Gasteiger partial charge >= 0.3 is 5.97 Å². The molecule has 0 aliphatic carbocycles. The van der Waals surface area contributed by atoms with Crippen LogP contribution >= 0.6 is 0 Å². The first-order chi connectivity index (χ1) is 8.15. The molecule has 0 aromatic carbocycles. The summed E-state index contributed by atoms with van der Waals surface area (Å²) in [5, 5.41) is 11.7. The molecule has 98 valence electrons. The number of ether oxygens (including phenoxy) is 1. The molecule has 1 aliphatic rings. The molecule has 1 unspecified atom stereocenters. The number of carbonyl (C=O) groups is 2. The van der Waals surface area contributed by atoms with Crippen molar-refractivity contribution < 1.29 is 19.4 Å². The number of nitrogens with one attached hydrogen (secondary N) is 1. The van der Waals surface area contributed by atoms with Gasteiger partial charge in [0.2, 0.25) is 5.91 Å². The minimum absolute atomic E-state index is 0.141. The molecule has 1 fully saturated rings. The third-order valence-corrected chi connectivity index (χ3v) is 2.77. The van der Waals surface area contributed by atoms with Crippen LogP contribution in [-0.4, -0.2) is 60.8 Å². The van der Waals surface area contributed by atoms with E-state index in [2.05, 4.69) is 5.32 Å². The second kappa shape index (κ2) is 7.24. The van der Waals surface area contributed by atoms with E-state index in [0.717, 1.165) is 6.42 Å². The van der Waals surface area contributed by atoms with Crippen molar-refractivity contribution in [3.05, 3.63) is 0 Å². The lowest BCUT2D eigenvalue weighted by Crippen LogP contribution is -2.43. The van der Waals surface area contributed by atoms with E-state index < -0.39 is 12.0 Å². The molecule has 6 nitrogen and oxygen atoms in total. The minimum Gasteiger partial charge on any atom is -0.480 e. The van der Waals surface area contributed by atoms with Gasteiger partial charge in [-0.2, -0.15) is 0 Å². The number of hydrogen-bond acceptors (Lipinski definition) is 4. The van der Waals surface area contributed by atoms with Crippen molar-refractivity contribution in [2.24, 2.45) is 0 Å². The second-order valence-electron chi connectivity index (χ2n) is 4.01. The normalized spacial score (nSPS) is 20.4. The van der Waals surface area contributed by atoms with Crippen molar-refractivity contribution in [3.63, 3.8) is 0 Å². The highest BCUT2D eigenvalue weighted by molar-refractivity contribution is 5.80. The van der Waals surface area contributed by atoms with Crippen molar-refractivity contribution in [2.75, 3.05) is 32.8 Å². The number of carboxylic acid groups (broad SMARTS) is 1. The van der Waals surface area contributed by atoms with Gasteiger partial charge in [-0.05, 0) is 26.3 Å². The summed E-state index contributed by atoms with van der Waals surface area (Å²) in [5.41, 5.74) is 0. The van der Waals surface area contributed by atoms with Gasteiger partial charge in [-0.3, -0.25) is 14.5 Å². The van der Waals surface area contributed by atoms with Crippen LogP contribution in [0.5, 0.6) is 0 Å². The predicted molar refractivity (Wildman–Crippen MR) is 61.7 cm³/mol. The van der Waals surface area contributed by atoms with Crippen LogP contribution in [0.1, 0.15) is 19.8 Å². The van der Waals surface area contributed by atoms with E-state index in [1.807, 2.05) is 6.92 Å². The monoisotopic (exact) mass is 244 g/mol. The number of likely N-dealkylation sites (tertiary alicyclic amines) is 1. The minimum atomic E-state index is -0.843. The van der Waals surface area contributed by atoms with Gasteiger partial charge in [0.05, 0.1) is 13.2 Å². The smallest absolute Gasteiger partial charge is 0.320 e. The Morgan fingerprint density at radius 3 is 2.94 bits per heavy atom. The Labute approximate surface area is 101 Å². The van der Waals surface area contributed by atoms with Crippen LogP contribution in [0, 0.1) is 0 Å². The first kappa shape index (κ1) is 13.9. The van der Waals surface area contributed by atoms with Crippen molar-refractivity contribution in [1.29, 1.82) is 0 Å². The van der Waals surface area contributed by atoms with E-state index in [0.29, 0.717) is 32.7 Å². The van der Waals surface area contributed by atoms with Crippen LogP contribution in [0.4, 0.5) is 0 Å². The van der Waals surface area contributed by atoms with Crippen LogP contribution in [-0.2, 0) is 14.3 Å². The van der Waals surface area contributed by atoms with E-state index in [-0.39, 0.29) is 12.5 Å². The summed E-state index contributed by atoms with van der Waals surface area (Å²) in [6.07, 6.45) is 1.46. The number of carboxylic acids is 1. The fourth-order valence-electron chi connectivity index (χ4n) is 1.94. The number of hydrogen-bond donors (Lipinski definition) is 2. The zero-order valence-electron chi connectivity index (χ0n) is 10.1. The lowest BCUT2D eigenvalue weighted by molar-refractivity contribution is -0.142. The number of amides is 1. The molecular weight excluding hydrogens is 224 g/mol. The van der Waals surface area contributed by atoms with Gasteiger partial charge in [0.1, 0.15) is 6.04 Å². The van der Waals surface area contributed by atoms with Gasteiger partial charge in [0.25, 0.3) is 0 Å². The number of nitrogens with zero attached hydrogens (tertiary/aromatic N) is 1. The summed E-state index contributed by atoms with van der Waals surface area (Å²) < 4.78 is 5.09. The van der Waals surface area contributed by atoms with E-state index in [1.165, 1.54) is 0 Å². The number of carbonyl (C=O) groups excluding carboxylic acids is 1. The maximum Gasteiger partial charge on any atom is 0.320 e. The van der Waals surface area contributed by atoms with Crippen LogP contribution in [0.3, 0.4) is 0 Å². The molecule has 1 saturated heterocycles. The molecule has 0 spiro atoms. The SMILES string of the molecule is CCOCCNC(=O)CN1CCCC1C(=O)O. The summed E-state index contributed by atoms with van der Waals surface area (Å²) >= 11 is 0. The Kier molecular flexibility index (Phi) is 5.93. The summed E-state index contributed by atoms with van der Waals surface area (Å²) in [6.45, 7) is 4.31. The predicted octanol–water partition coefficient (Wildman–Crippen LogP) is -0.312. The average molecular weight is 244 g/mol. The summed E-state index contributed by atoms with van der Waals surface area (Å²) in [6, 6.07) is -0.507. The van der Waals surface area contributed by atoms with Crippen LogP contribution in [0.25, 0.3) is 0 Å². The Morgan fingerprint density at radius 1 is 1.53 bits per heavy atom. The van der Waals surface area contributed by atoms with Gasteiger partial charge in [-0.15, -0.1) is 0 Å². The zero-order valence-corrected chi connectivity index (χ0v) is 10.1. The maximum atomic E-state index is 11.5. The molecule has 2 N–H and O–H groups in total. The molecule has 0 bridgehead atoms. The first-order valence-electron chi connectivity index (χ1n) is 5.96. The third-order valence-electron chi connectivity index (χ3n) is 2.77. The van der Waals surface area contributed by atoms with Gasteiger partial charge in [0.15, 0.2) is 0 Å². The topological polar surface area (TPSA) is 78.9 Å². The summed E-state index contributed by atoms with van der Waals surface area (Å²) in [5.74, 6) is -0.984. The largest absolute Gasteiger partial charge is 0.480 e. The van der Waals surface area contributed by atoms with Crippen molar-refractivity contribution >= 4 is 11.9 Å². The van der Waals surface area contributed by atoms with Gasteiger partial charge in [-0.1, -0.05) is 0 Å². The van der Waals surface area contributed by atoms with Crippen LogP contribution in [0.15, 0.2) is 0 Å². The fraction of sp³-hybridized carbons (Fsp3) is 0.818.